The molecule has 0 saturated heterocycles. The highest BCUT2D eigenvalue weighted by atomic mass is 32.2. The molecule has 0 radical (unpaired) electrons. The van der Waals surface area contributed by atoms with E-state index in [0.29, 0.717) is 11.3 Å². The zero-order valence-corrected chi connectivity index (χ0v) is 9.47. The molecule has 0 spiro atoms. The predicted octanol–water partition coefficient (Wildman–Crippen LogP) is 2.88. The second-order valence-corrected chi connectivity index (χ2v) is 4.96. The molecule has 1 rings (SSSR count). The van der Waals surface area contributed by atoms with Gasteiger partial charge in [0, 0.05) is 0 Å². The lowest BCUT2D eigenvalue weighted by atomic mass is 10.0. The molecule has 82 valence electrons. The van der Waals surface area contributed by atoms with Gasteiger partial charge in [0.25, 0.3) is 0 Å². The van der Waals surface area contributed by atoms with Crippen molar-refractivity contribution in [3.8, 4) is 0 Å². The van der Waals surface area contributed by atoms with Crippen LogP contribution in [0.2, 0.25) is 0 Å². The van der Waals surface area contributed by atoms with Crippen molar-refractivity contribution < 1.29 is 14.3 Å². The van der Waals surface area contributed by atoms with Gasteiger partial charge >= 0.3 is 5.97 Å². The Labute approximate surface area is 92.5 Å². The Morgan fingerprint density at radius 3 is 2.40 bits per heavy atom. The van der Waals surface area contributed by atoms with E-state index in [4.69, 9.17) is 0 Å². The van der Waals surface area contributed by atoms with E-state index in [1.807, 2.05) is 6.92 Å². The standard InChI is InChI=1S/C11H13FO2S/c1-3-15-11(2,10(13)14)8-4-6-9(12)7-5-8/h4-7H,3H2,1-2H3,(H,13,14). The number of halogens is 1. The summed E-state index contributed by atoms with van der Waals surface area (Å²) >= 11 is 1.32. The van der Waals surface area contributed by atoms with E-state index in [9.17, 15) is 14.3 Å². The molecule has 2 nitrogen and oxygen atoms in total. The largest absolute Gasteiger partial charge is 0.480 e. The summed E-state index contributed by atoms with van der Waals surface area (Å²) in [4.78, 5) is 11.2. The molecule has 0 aliphatic rings. The van der Waals surface area contributed by atoms with Crippen molar-refractivity contribution in [3.05, 3.63) is 35.6 Å². The summed E-state index contributed by atoms with van der Waals surface area (Å²) in [5.74, 6) is -0.561. The Morgan fingerprint density at radius 2 is 2.00 bits per heavy atom. The van der Waals surface area contributed by atoms with Crippen molar-refractivity contribution in [2.45, 2.75) is 18.6 Å². The van der Waals surface area contributed by atoms with Crippen LogP contribution in [0, 0.1) is 5.82 Å². The number of thioether (sulfide) groups is 1. The molecule has 0 bridgehead atoms. The normalized spacial score (nSPS) is 14.6. The first kappa shape index (κ1) is 12.0. The van der Waals surface area contributed by atoms with Gasteiger partial charge in [-0.05, 0) is 30.4 Å². The molecule has 4 heteroatoms. The number of carbonyl (C=O) groups is 1. The Hall–Kier alpha value is -1.03. The molecular weight excluding hydrogens is 215 g/mol. The van der Waals surface area contributed by atoms with Crippen LogP contribution in [-0.4, -0.2) is 16.8 Å². The van der Waals surface area contributed by atoms with Gasteiger partial charge in [0.1, 0.15) is 10.6 Å². The minimum atomic E-state index is -0.998. The molecule has 1 aromatic rings. The van der Waals surface area contributed by atoms with Crippen molar-refractivity contribution in [3.63, 3.8) is 0 Å². The average molecular weight is 228 g/mol. The van der Waals surface area contributed by atoms with Crippen molar-refractivity contribution in [1.82, 2.24) is 0 Å². The monoisotopic (exact) mass is 228 g/mol. The molecule has 0 heterocycles. The highest BCUT2D eigenvalue weighted by Crippen LogP contribution is 2.36. The molecule has 0 fully saturated rings. The van der Waals surface area contributed by atoms with Crippen LogP contribution in [0.15, 0.2) is 24.3 Å². The van der Waals surface area contributed by atoms with Crippen molar-refractivity contribution in [2.24, 2.45) is 0 Å². The van der Waals surface area contributed by atoms with Gasteiger partial charge in [-0.3, -0.25) is 4.79 Å². The van der Waals surface area contributed by atoms with Gasteiger partial charge in [-0.1, -0.05) is 19.1 Å². The van der Waals surface area contributed by atoms with E-state index in [2.05, 4.69) is 0 Å². The van der Waals surface area contributed by atoms with Crippen LogP contribution >= 0.6 is 11.8 Å². The molecule has 1 atom stereocenters. The highest BCUT2D eigenvalue weighted by Gasteiger charge is 2.35. The molecule has 0 amide bonds. The summed E-state index contributed by atoms with van der Waals surface area (Å²) in [5, 5.41) is 9.17. The molecule has 0 saturated carbocycles. The summed E-state index contributed by atoms with van der Waals surface area (Å²) in [5.41, 5.74) is 0.614. The van der Waals surface area contributed by atoms with Gasteiger partial charge in [0.2, 0.25) is 0 Å². The summed E-state index contributed by atoms with van der Waals surface area (Å²) in [6.07, 6.45) is 0. The van der Waals surface area contributed by atoms with E-state index in [-0.39, 0.29) is 5.82 Å². The Bertz CT molecular complexity index is 350. The topological polar surface area (TPSA) is 37.3 Å². The average Bonchev–Trinajstić information content (AvgIpc) is 2.18. The van der Waals surface area contributed by atoms with Gasteiger partial charge in [-0.15, -0.1) is 11.8 Å². The van der Waals surface area contributed by atoms with Gasteiger partial charge in [-0.2, -0.15) is 0 Å². The summed E-state index contributed by atoms with van der Waals surface area (Å²) in [6, 6.07) is 5.61. The first-order valence-electron chi connectivity index (χ1n) is 4.64. The minimum Gasteiger partial charge on any atom is -0.480 e. The molecular formula is C11H13FO2S. The number of carboxylic acids is 1. The van der Waals surface area contributed by atoms with Crippen LogP contribution < -0.4 is 0 Å². The number of rotatable bonds is 4. The lowest BCUT2D eigenvalue weighted by Gasteiger charge is -2.24. The number of carboxylic acid groups (broad SMARTS) is 1. The molecule has 1 unspecified atom stereocenters. The first-order valence-corrected chi connectivity index (χ1v) is 5.62. The maximum absolute atomic E-state index is 12.7. The van der Waals surface area contributed by atoms with E-state index >= 15 is 0 Å². The fourth-order valence-corrected chi connectivity index (χ4v) is 2.33. The molecule has 0 aliphatic heterocycles. The van der Waals surface area contributed by atoms with Crippen LogP contribution in [-0.2, 0) is 9.54 Å². The van der Waals surface area contributed by atoms with E-state index in [1.165, 1.54) is 36.0 Å². The van der Waals surface area contributed by atoms with Gasteiger partial charge in [0.15, 0.2) is 0 Å². The molecule has 1 N–H and O–H groups in total. The highest BCUT2D eigenvalue weighted by molar-refractivity contribution is 8.00. The number of hydrogen-bond donors (Lipinski definition) is 1. The molecule has 0 aromatic heterocycles. The van der Waals surface area contributed by atoms with Crippen LogP contribution in [0.5, 0.6) is 0 Å². The third-order valence-electron chi connectivity index (χ3n) is 2.24. The molecule has 15 heavy (non-hydrogen) atoms. The first-order chi connectivity index (χ1) is 7.00. The van der Waals surface area contributed by atoms with E-state index in [1.54, 1.807) is 6.92 Å². The van der Waals surface area contributed by atoms with Crippen molar-refractivity contribution in [1.29, 1.82) is 0 Å². The fraction of sp³-hybridized carbons (Fsp3) is 0.364. The molecule has 1 aromatic carbocycles. The zero-order valence-electron chi connectivity index (χ0n) is 8.66. The summed E-state index contributed by atoms with van der Waals surface area (Å²) in [6.45, 7) is 3.53. The Balaban J connectivity index is 3.09. The SMILES string of the molecule is CCSC(C)(C(=O)O)c1ccc(F)cc1. The van der Waals surface area contributed by atoms with Crippen molar-refractivity contribution >= 4 is 17.7 Å². The van der Waals surface area contributed by atoms with E-state index in [0.717, 1.165) is 0 Å². The second kappa shape index (κ2) is 4.66. The third kappa shape index (κ3) is 2.50. The van der Waals surface area contributed by atoms with Gasteiger partial charge in [0.05, 0.1) is 0 Å². The maximum atomic E-state index is 12.7. The van der Waals surface area contributed by atoms with Crippen LogP contribution in [0.3, 0.4) is 0 Å². The zero-order chi connectivity index (χ0) is 11.5. The quantitative estimate of drug-likeness (QED) is 0.861. The van der Waals surface area contributed by atoms with Crippen LogP contribution in [0.1, 0.15) is 19.4 Å². The predicted molar refractivity (Wildman–Crippen MR) is 59.5 cm³/mol. The smallest absolute Gasteiger partial charge is 0.324 e. The Kier molecular flexibility index (Phi) is 3.74. The lowest BCUT2D eigenvalue weighted by Crippen LogP contribution is -2.28. The second-order valence-electron chi connectivity index (χ2n) is 3.28. The number of benzene rings is 1. The fourth-order valence-electron chi connectivity index (χ4n) is 1.33. The number of hydrogen-bond acceptors (Lipinski definition) is 2. The van der Waals surface area contributed by atoms with Gasteiger partial charge in [-0.25, -0.2) is 4.39 Å². The van der Waals surface area contributed by atoms with Crippen molar-refractivity contribution in [2.75, 3.05) is 5.75 Å². The van der Waals surface area contributed by atoms with E-state index < -0.39 is 10.7 Å². The van der Waals surface area contributed by atoms with Gasteiger partial charge < -0.3 is 5.11 Å². The van der Waals surface area contributed by atoms with Crippen LogP contribution in [0.4, 0.5) is 4.39 Å². The molecule has 0 aliphatic carbocycles. The minimum absolute atomic E-state index is 0.354. The maximum Gasteiger partial charge on any atom is 0.324 e. The third-order valence-corrected chi connectivity index (χ3v) is 3.51. The summed E-state index contributed by atoms with van der Waals surface area (Å²) in [7, 11) is 0. The van der Waals surface area contributed by atoms with Crippen LogP contribution in [0.25, 0.3) is 0 Å². The lowest BCUT2D eigenvalue weighted by molar-refractivity contribution is -0.139. The number of aliphatic carboxylic acids is 1. The summed E-state index contributed by atoms with van der Waals surface area (Å²) < 4.78 is 11.7. The Morgan fingerprint density at radius 1 is 1.47 bits per heavy atom.